The highest BCUT2D eigenvalue weighted by Gasteiger charge is 2.12. The van der Waals surface area contributed by atoms with Crippen LogP contribution >= 0.6 is 11.8 Å². The van der Waals surface area contributed by atoms with Crippen molar-refractivity contribution in [1.29, 1.82) is 0 Å². The second-order valence-corrected chi connectivity index (χ2v) is 5.13. The third-order valence-corrected chi connectivity index (χ3v) is 3.21. The quantitative estimate of drug-likeness (QED) is 0.902. The minimum Gasteiger partial charge on any atom is -0.497 e. The van der Waals surface area contributed by atoms with Crippen molar-refractivity contribution in [1.82, 2.24) is 10.2 Å². The van der Waals surface area contributed by atoms with Gasteiger partial charge in [-0.3, -0.25) is 14.9 Å². The van der Waals surface area contributed by atoms with E-state index >= 15 is 0 Å². The fraction of sp³-hybridized carbons (Fsp3) is 0.231. The summed E-state index contributed by atoms with van der Waals surface area (Å²) in [4.78, 5) is 22.3. The molecule has 7 nitrogen and oxygen atoms in total. The molecule has 0 saturated heterocycles. The molecule has 0 unspecified atom stereocenters. The summed E-state index contributed by atoms with van der Waals surface area (Å²) in [5.41, 5.74) is 0.681. The molecular formula is C13H13N3O4S. The van der Waals surface area contributed by atoms with E-state index in [1.165, 1.54) is 6.92 Å². The fourth-order valence-corrected chi connectivity index (χ4v) is 1.88. The van der Waals surface area contributed by atoms with Crippen molar-refractivity contribution >= 4 is 28.8 Å². The number of nitrogens with one attached hydrogen (secondary N) is 1. The lowest BCUT2D eigenvalue weighted by Gasteiger charge is -2.00. The maximum atomic E-state index is 11.5. The van der Waals surface area contributed by atoms with Crippen molar-refractivity contribution in [3.05, 3.63) is 24.3 Å². The summed E-state index contributed by atoms with van der Waals surface area (Å²) < 4.78 is 10.5. The Morgan fingerprint density at radius 2 is 2.19 bits per heavy atom. The second-order valence-electron chi connectivity index (χ2n) is 3.97. The van der Waals surface area contributed by atoms with Gasteiger partial charge in [0.1, 0.15) is 5.75 Å². The summed E-state index contributed by atoms with van der Waals surface area (Å²) in [5, 5.41) is 9.88. The summed E-state index contributed by atoms with van der Waals surface area (Å²) in [6.45, 7) is 1.39. The van der Waals surface area contributed by atoms with Gasteiger partial charge in [0.15, 0.2) is 5.12 Å². The molecule has 0 aliphatic rings. The third-order valence-electron chi connectivity index (χ3n) is 2.39. The van der Waals surface area contributed by atoms with Gasteiger partial charge in [-0.2, -0.15) is 0 Å². The molecule has 8 heteroatoms. The number of thioether (sulfide) groups is 1. The number of hydrogen-bond donors (Lipinski definition) is 1. The molecule has 1 amide bonds. The number of nitrogens with zero attached hydrogens (tertiary/aromatic N) is 2. The fourth-order valence-electron chi connectivity index (χ4n) is 1.47. The number of methoxy groups -OCH3 is 1. The molecule has 110 valence electrons. The molecule has 0 bridgehead atoms. The summed E-state index contributed by atoms with van der Waals surface area (Å²) in [5.74, 6) is 0.556. The molecule has 0 spiro atoms. The number of rotatable bonds is 5. The number of carbonyl (C=O) groups excluding carboxylic acids is 2. The predicted molar refractivity (Wildman–Crippen MR) is 78.1 cm³/mol. The van der Waals surface area contributed by atoms with Crippen molar-refractivity contribution in [2.45, 2.75) is 6.92 Å². The Bertz CT molecular complexity index is 656. The van der Waals surface area contributed by atoms with Gasteiger partial charge in [0.25, 0.3) is 0 Å². The van der Waals surface area contributed by atoms with Gasteiger partial charge in [-0.25, -0.2) is 0 Å². The highest BCUT2D eigenvalue weighted by atomic mass is 32.2. The highest BCUT2D eigenvalue weighted by molar-refractivity contribution is 8.14. The lowest BCUT2D eigenvalue weighted by Crippen LogP contribution is -2.15. The second kappa shape index (κ2) is 6.89. The van der Waals surface area contributed by atoms with E-state index in [1.807, 2.05) is 0 Å². The minimum absolute atomic E-state index is 0.00616. The Labute approximate surface area is 125 Å². The zero-order valence-corrected chi connectivity index (χ0v) is 12.3. The average Bonchev–Trinajstić information content (AvgIpc) is 2.93. The first kappa shape index (κ1) is 15.0. The van der Waals surface area contributed by atoms with Crippen LogP contribution in [0, 0.1) is 0 Å². The molecule has 1 aromatic heterocycles. The Balaban J connectivity index is 2.04. The SMILES string of the molecule is COc1cccc(-c2nnc(NC(=O)CSC(C)=O)o2)c1. The van der Waals surface area contributed by atoms with E-state index in [-0.39, 0.29) is 28.7 Å². The molecular weight excluding hydrogens is 294 g/mol. The van der Waals surface area contributed by atoms with Crippen LogP contribution in [0.1, 0.15) is 6.92 Å². The van der Waals surface area contributed by atoms with Crippen LogP contribution in [0.15, 0.2) is 28.7 Å². The van der Waals surface area contributed by atoms with E-state index in [9.17, 15) is 9.59 Å². The van der Waals surface area contributed by atoms with Crippen LogP contribution in [0.5, 0.6) is 5.75 Å². The molecule has 2 aromatic rings. The number of hydrogen-bond acceptors (Lipinski definition) is 7. The van der Waals surface area contributed by atoms with Crippen LogP contribution in [0.3, 0.4) is 0 Å². The summed E-state index contributed by atoms with van der Waals surface area (Å²) in [6.07, 6.45) is 0. The average molecular weight is 307 g/mol. The Morgan fingerprint density at radius 1 is 1.38 bits per heavy atom. The highest BCUT2D eigenvalue weighted by Crippen LogP contribution is 2.23. The molecule has 0 fully saturated rings. The van der Waals surface area contributed by atoms with E-state index < -0.39 is 0 Å². The van der Waals surface area contributed by atoms with E-state index in [0.29, 0.717) is 11.3 Å². The Morgan fingerprint density at radius 3 is 2.90 bits per heavy atom. The van der Waals surface area contributed by atoms with Crippen molar-refractivity contribution in [2.75, 3.05) is 18.2 Å². The lowest BCUT2D eigenvalue weighted by atomic mass is 10.2. The summed E-state index contributed by atoms with van der Waals surface area (Å²) in [7, 11) is 1.56. The van der Waals surface area contributed by atoms with Crippen LogP contribution < -0.4 is 10.1 Å². The van der Waals surface area contributed by atoms with E-state index in [2.05, 4.69) is 15.5 Å². The molecule has 0 aliphatic heterocycles. The van der Waals surface area contributed by atoms with Crippen molar-refractivity contribution < 1.29 is 18.7 Å². The van der Waals surface area contributed by atoms with Gasteiger partial charge in [-0.1, -0.05) is 22.9 Å². The monoisotopic (exact) mass is 307 g/mol. The summed E-state index contributed by atoms with van der Waals surface area (Å²) in [6, 6.07) is 7.10. The third kappa shape index (κ3) is 4.32. The lowest BCUT2D eigenvalue weighted by molar-refractivity contribution is -0.114. The van der Waals surface area contributed by atoms with Gasteiger partial charge in [0, 0.05) is 12.5 Å². The number of carbonyl (C=O) groups is 2. The first-order valence-corrected chi connectivity index (χ1v) is 6.98. The molecule has 1 aromatic carbocycles. The number of aromatic nitrogens is 2. The van der Waals surface area contributed by atoms with E-state index in [4.69, 9.17) is 9.15 Å². The standard InChI is InChI=1S/C13H13N3O4S/c1-8(17)21-7-11(18)14-13-16-15-12(20-13)9-4-3-5-10(6-9)19-2/h3-6H,7H2,1-2H3,(H,14,16,18). The molecule has 0 saturated carbocycles. The maximum Gasteiger partial charge on any atom is 0.322 e. The molecule has 0 aliphatic carbocycles. The molecule has 21 heavy (non-hydrogen) atoms. The van der Waals surface area contributed by atoms with Gasteiger partial charge in [0.05, 0.1) is 12.9 Å². The van der Waals surface area contributed by atoms with Crippen LogP contribution in [-0.2, 0) is 9.59 Å². The zero-order chi connectivity index (χ0) is 15.2. The largest absolute Gasteiger partial charge is 0.497 e. The smallest absolute Gasteiger partial charge is 0.322 e. The van der Waals surface area contributed by atoms with Crippen molar-refractivity contribution in [2.24, 2.45) is 0 Å². The maximum absolute atomic E-state index is 11.5. The van der Waals surface area contributed by atoms with Crippen LogP contribution in [-0.4, -0.2) is 34.1 Å². The van der Waals surface area contributed by atoms with E-state index in [1.54, 1.807) is 31.4 Å². The van der Waals surface area contributed by atoms with Gasteiger partial charge in [-0.05, 0) is 18.2 Å². The zero-order valence-electron chi connectivity index (χ0n) is 11.5. The number of anilines is 1. The molecule has 0 radical (unpaired) electrons. The molecule has 1 N–H and O–H groups in total. The Hall–Kier alpha value is -2.35. The molecule has 1 heterocycles. The number of amides is 1. The first-order valence-electron chi connectivity index (χ1n) is 5.99. The predicted octanol–water partition coefficient (Wildman–Crippen LogP) is 1.96. The minimum atomic E-state index is -0.379. The molecule has 0 atom stereocenters. The van der Waals surface area contributed by atoms with Gasteiger partial charge >= 0.3 is 6.01 Å². The van der Waals surface area contributed by atoms with Crippen LogP contribution in [0.2, 0.25) is 0 Å². The van der Waals surface area contributed by atoms with Crippen LogP contribution in [0.25, 0.3) is 11.5 Å². The summed E-state index contributed by atoms with van der Waals surface area (Å²) >= 11 is 0.909. The first-order chi connectivity index (χ1) is 10.1. The van der Waals surface area contributed by atoms with Crippen molar-refractivity contribution in [3.63, 3.8) is 0 Å². The number of ether oxygens (including phenoxy) is 1. The van der Waals surface area contributed by atoms with Crippen molar-refractivity contribution in [3.8, 4) is 17.2 Å². The normalized spacial score (nSPS) is 10.2. The van der Waals surface area contributed by atoms with Gasteiger partial charge in [0.2, 0.25) is 11.8 Å². The number of benzene rings is 1. The Kier molecular flexibility index (Phi) is 4.94. The van der Waals surface area contributed by atoms with E-state index in [0.717, 1.165) is 11.8 Å². The topological polar surface area (TPSA) is 94.3 Å². The van der Waals surface area contributed by atoms with Crippen LogP contribution in [0.4, 0.5) is 6.01 Å². The molecule has 2 rings (SSSR count). The van der Waals surface area contributed by atoms with Gasteiger partial charge in [-0.15, -0.1) is 5.10 Å². The van der Waals surface area contributed by atoms with Gasteiger partial charge < -0.3 is 9.15 Å².